The molecule has 6 rings (SSSR count). The van der Waals surface area contributed by atoms with Gasteiger partial charge in [0.15, 0.2) is 0 Å². The average Bonchev–Trinajstić information content (AvgIpc) is 3.16. The van der Waals surface area contributed by atoms with Crippen molar-refractivity contribution in [2.24, 2.45) is 5.73 Å². The van der Waals surface area contributed by atoms with Gasteiger partial charge in [0, 0.05) is 61.3 Å². The smallest absolute Gasteiger partial charge is 0.412 e. The molecule has 0 saturated heterocycles. The van der Waals surface area contributed by atoms with Crippen LogP contribution in [0.2, 0.25) is 0 Å². The lowest BCUT2D eigenvalue weighted by molar-refractivity contribution is -0.118. The number of H-pyrrole nitrogens is 1. The first-order valence-corrected chi connectivity index (χ1v) is 18.1. The number of hydrogen-bond donors (Lipinski definition) is 6. The van der Waals surface area contributed by atoms with Crippen LogP contribution in [0.15, 0.2) is 102 Å². The van der Waals surface area contributed by atoms with Crippen LogP contribution in [0.5, 0.6) is 5.75 Å². The van der Waals surface area contributed by atoms with E-state index in [2.05, 4.69) is 10.3 Å². The number of carboxylic acid groups (broad SMARTS) is 1. The quantitative estimate of drug-likeness (QED) is 0.0805. The second-order valence-electron chi connectivity index (χ2n) is 13.8. The Morgan fingerprint density at radius 2 is 1.64 bits per heavy atom. The van der Waals surface area contributed by atoms with Crippen molar-refractivity contribution in [2.75, 3.05) is 23.4 Å². The molecule has 1 saturated carbocycles. The summed E-state index contributed by atoms with van der Waals surface area (Å²) in [4.78, 5) is 43.4. The van der Waals surface area contributed by atoms with E-state index in [1.165, 1.54) is 17.0 Å². The van der Waals surface area contributed by atoms with Crippen LogP contribution in [0, 0.1) is 0 Å². The highest BCUT2D eigenvalue weighted by Gasteiger charge is 2.31. The van der Waals surface area contributed by atoms with Crippen molar-refractivity contribution in [3.05, 3.63) is 124 Å². The van der Waals surface area contributed by atoms with Crippen LogP contribution in [-0.2, 0) is 17.8 Å². The van der Waals surface area contributed by atoms with Crippen molar-refractivity contribution in [3.8, 4) is 16.9 Å². The molecule has 2 amide bonds. The Balaban J connectivity index is 1.04. The van der Waals surface area contributed by atoms with Crippen LogP contribution in [-0.4, -0.2) is 58.0 Å². The number of nitrogens with two attached hydrogens (primary N) is 1. The third-order valence-electron chi connectivity index (χ3n) is 10.2. The number of carbonyl (C=O) groups is 2. The summed E-state index contributed by atoms with van der Waals surface area (Å²) in [6.07, 6.45) is 2.74. The van der Waals surface area contributed by atoms with Gasteiger partial charge in [-0.15, -0.1) is 0 Å². The number of carbonyl (C=O) groups excluding carboxylic acids is 1. The molecule has 0 aliphatic heterocycles. The Morgan fingerprint density at radius 1 is 0.925 bits per heavy atom. The van der Waals surface area contributed by atoms with Gasteiger partial charge < -0.3 is 36.3 Å². The standard InChI is InChI=1S/C42H47N5O6/c1-46(31-15-10-28(11-16-31)25-44-26-38(49)34-20-22-37(48)41-35(34)21-23-39(50)45-41)40(51)9-5-6-27-12-19-33(29-7-3-2-4-8-29)36(24-27)47(42(52)53)32-17-13-30(43)14-18-32/h2-4,7-8,10-12,15-16,19-24,30,32,38,44,48-49H,5-6,9,13-14,17-18,25-26,43H2,1H3,(H,45,50)(H,52,53)/t30-,32-,38-/m0/s1. The van der Waals surface area contributed by atoms with Gasteiger partial charge in [-0.25, -0.2) is 4.79 Å². The fourth-order valence-corrected chi connectivity index (χ4v) is 7.22. The number of aromatic hydroxyl groups is 1. The van der Waals surface area contributed by atoms with Gasteiger partial charge in [-0.05, 0) is 91.1 Å². The zero-order valence-electron chi connectivity index (χ0n) is 29.9. The number of anilines is 2. The van der Waals surface area contributed by atoms with Gasteiger partial charge in [0.2, 0.25) is 11.5 Å². The van der Waals surface area contributed by atoms with E-state index < -0.39 is 12.2 Å². The molecular formula is C42H47N5O6. The maximum atomic E-state index is 13.2. The van der Waals surface area contributed by atoms with Gasteiger partial charge in [0.05, 0.1) is 17.3 Å². The predicted octanol–water partition coefficient (Wildman–Crippen LogP) is 6.46. The summed E-state index contributed by atoms with van der Waals surface area (Å²) in [5.74, 6) is -0.0773. The van der Waals surface area contributed by atoms with Crippen molar-refractivity contribution < 1.29 is 24.9 Å². The van der Waals surface area contributed by atoms with Crippen molar-refractivity contribution in [1.82, 2.24) is 10.3 Å². The van der Waals surface area contributed by atoms with E-state index in [9.17, 15) is 29.7 Å². The van der Waals surface area contributed by atoms with Crippen LogP contribution in [0.25, 0.3) is 22.0 Å². The molecule has 1 aliphatic carbocycles. The molecular weight excluding hydrogens is 670 g/mol. The molecule has 1 atom stereocenters. The van der Waals surface area contributed by atoms with E-state index >= 15 is 0 Å². The van der Waals surface area contributed by atoms with Crippen LogP contribution < -0.4 is 26.4 Å². The van der Waals surface area contributed by atoms with Gasteiger partial charge in [0.25, 0.3) is 0 Å². The number of phenols is 1. The molecule has 7 N–H and O–H groups in total. The molecule has 0 spiro atoms. The van der Waals surface area contributed by atoms with Gasteiger partial charge in [-0.3, -0.25) is 14.5 Å². The predicted molar refractivity (Wildman–Crippen MR) is 208 cm³/mol. The molecule has 1 aliphatic rings. The molecule has 0 unspecified atom stereocenters. The first kappa shape index (κ1) is 37.3. The number of aliphatic hydroxyl groups excluding tert-OH is 1. The summed E-state index contributed by atoms with van der Waals surface area (Å²) in [5.41, 5.74) is 11.9. The summed E-state index contributed by atoms with van der Waals surface area (Å²) in [6, 6.07) is 29.5. The molecule has 11 heteroatoms. The van der Waals surface area contributed by atoms with E-state index in [1.807, 2.05) is 72.8 Å². The Morgan fingerprint density at radius 3 is 2.36 bits per heavy atom. The number of amides is 2. The zero-order valence-corrected chi connectivity index (χ0v) is 29.9. The van der Waals surface area contributed by atoms with Crippen molar-refractivity contribution >= 4 is 34.3 Å². The summed E-state index contributed by atoms with van der Waals surface area (Å²) < 4.78 is 0. The minimum absolute atomic E-state index is 0.0201. The minimum atomic E-state index is -0.974. The number of aromatic nitrogens is 1. The summed E-state index contributed by atoms with van der Waals surface area (Å²) >= 11 is 0. The Bertz CT molecular complexity index is 2090. The van der Waals surface area contributed by atoms with E-state index in [1.54, 1.807) is 24.1 Å². The van der Waals surface area contributed by atoms with Crippen LogP contribution >= 0.6 is 0 Å². The fourth-order valence-electron chi connectivity index (χ4n) is 7.22. The van der Waals surface area contributed by atoms with Crippen LogP contribution in [0.3, 0.4) is 0 Å². The molecule has 11 nitrogen and oxygen atoms in total. The lowest BCUT2D eigenvalue weighted by Crippen LogP contribution is -2.44. The summed E-state index contributed by atoms with van der Waals surface area (Å²) in [7, 11) is 1.76. The third kappa shape index (κ3) is 8.94. The van der Waals surface area contributed by atoms with E-state index in [4.69, 9.17) is 5.73 Å². The number of nitrogens with one attached hydrogen (secondary N) is 2. The number of benzene rings is 4. The van der Waals surface area contributed by atoms with Crippen molar-refractivity contribution in [3.63, 3.8) is 0 Å². The molecule has 4 aromatic carbocycles. The van der Waals surface area contributed by atoms with Crippen LogP contribution in [0.4, 0.5) is 16.2 Å². The number of pyridine rings is 1. The molecule has 0 radical (unpaired) electrons. The number of rotatable bonds is 13. The number of phenolic OH excluding ortho intramolecular Hbond substituents is 1. The molecule has 1 fully saturated rings. The largest absolute Gasteiger partial charge is 0.506 e. The summed E-state index contributed by atoms with van der Waals surface area (Å²) in [5, 5.41) is 35.2. The monoisotopic (exact) mass is 717 g/mol. The molecule has 1 heterocycles. The average molecular weight is 718 g/mol. The summed E-state index contributed by atoms with van der Waals surface area (Å²) in [6.45, 7) is 0.736. The van der Waals surface area contributed by atoms with Crippen molar-refractivity contribution in [1.29, 1.82) is 0 Å². The SMILES string of the molecule is CN(C(=O)CCCc1ccc(-c2ccccc2)c(N(C(=O)O)[C@H]2CC[C@H](N)CC2)c1)c1ccc(CNC[C@H](O)c2ccc(O)c3[nH]c(=O)ccc23)cc1. The first-order valence-electron chi connectivity index (χ1n) is 18.1. The Hall–Kier alpha value is -5.49. The number of hydrogen-bond acceptors (Lipinski definition) is 7. The molecule has 0 bridgehead atoms. The van der Waals surface area contributed by atoms with Gasteiger partial charge in [-0.2, -0.15) is 0 Å². The third-order valence-corrected chi connectivity index (χ3v) is 10.2. The highest BCUT2D eigenvalue weighted by molar-refractivity contribution is 5.94. The highest BCUT2D eigenvalue weighted by atomic mass is 16.4. The maximum Gasteiger partial charge on any atom is 0.412 e. The number of aryl methyl sites for hydroxylation is 1. The van der Waals surface area contributed by atoms with Crippen LogP contribution in [0.1, 0.15) is 61.3 Å². The first-order chi connectivity index (χ1) is 25.6. The van der Waals surface area contributed by atoms with E-state index in [0.29, 0.717) is 42.4 Å². The van der Waals surface area contributed by atoms with Gasteiger partial charge in [-0.1, -0.05) is 60.7 Å². The molecule has 5 aromatic rings. The molecule has 53 heavy (non-hydrogen) atoms. The second-order valence-corrected chi connectivity index (χ2v) is 13.8. The zero-order chi connectivity index (χ0) is 37.5. The molecule has 1 aromatic heterocycles. The molecule has 276 valence electrons. The minimum Gasteiger partial charge on any atom is -0.506 e. The maximum absolute atomic E-state index is 13.2. The number of aromatic amines is 1. The number of fused-ring (bicyclic) bond motifs is 1. The number of nitrogens with zero attached hydrogens (tertiary/aromatic N) is 2. The van der Waals surface area contributed by atoms with E-state index in [0.717, 1.165) is 53.6 Å². The fraction of sp³-hybridized carbons (Fsp3) is 0.310. The van der Waals surface area contributed by atoms with Gasteiger partial charge in [0.1, 0.15) is 5.75 Å². The highest BCUT2D eigenvalue weighted by Crippen LogP contribution is 2.36. The lowest BCUT2D eigenvalue weighted by atomic mass is 9.89. The number of aliphatic hydroxyl groups is 1. The van der Waals surface area contributed by atoms with Gasteiger partial charge >= 0.3 is 6.09 Å². The van der Waals surface area contributed by atoms with Crippen molar-refractivity contribution in [2.45, 2.75) is 69.7 Å². The Labute approximate surface area is 308 Å². The second kappa shape index (κ2) is 16.9. The normalized spacial score (nSPS) is 16.3. The Kier molecular flexibility index (Phi) is 11.9. The lowest BCUT2D eigenvalue weighted by Gasteiger charge is -2.35. The topological polar surface area (TPSA) is 172 Å². The van der Waals surface area contributed by atoms with E-state index in [-0.39, 0.29) is 41.4 Å².